The number of hydrogen-bond acceptors (Lipinski definition) is 5. The van der Waals surface area contributed by atoms with Crippen molar-refractivity contribution in [2.75, 3.05) is 0 Å². The number of aryl methyl sites for hydroxylation is 2. The van der Waals surface area contributed by atoms with Crippen molar-refractivity contribution in [3.8, 4) is 0 Å². The molecule has 0 amide bonds. The Morgan fingerprint density at radius 2 is 2.33 bits per heavy atom. The van der Waals surface area contributed by atoms with E-state index in [1.807, 2.05) is 17.8 Å². The normalized spacial score (nSPS) is 12.8. The molecule has 0 saturated carbocycles. The summed E-state index contributed by atoms with van der Waals surface area (Å²) >= 11 is 1.62. The summed E-state index contributed by atoms with van der Waals surface area (Å²) in [7, 11) is 1.97. The lowest BCUT2D eigenvalue weighted by molar-refractivity contribution is 0.374. The van der Waals surface area contributed by atoms with Crippen LogP contribution in [0.5, 0.6) is 0 Å². The summed E-state index contributed by atoms with van der Waals surface area (Å²) in [4.78, 5) is 8.70. The third-order valence-electron chi connectivity index (χ3n) is 2.64. The molecular formula is C12H18N4OS. The van der Waals surface area contributed by atoms with Crippen molar-refractivity contribution in [2.24, 2.45) is 7.05 Å². The van der Waals surface area contributed by atoms with Crippen molar-refractivity contribution < 1.29 is 4.52 Å². The van der Waals surface area contributed by atoms with Crippen molar-refractivity contribution in [1.29, 1.82) is 0 Å². The van der Waals surface area contributed by atoms with Gasteiger partial charge in [-0.2, -0.15) is 4.98 Å². The predicted octanol–water partition coefficient (Wildman–Crippen LogP) is 3.00. The van der Waals surface area contributed by atoms with Gasteiger partial charge in [0.1, 0.15) is 0 Å². The molecule has 1 unspecified atom stereocenters. The van der Waals surface area contributed by atoms with Crippen LogP contribution in [0.15, 0.2) is 22.1 Å². The van der Waals surface area contributed by atoms with Crippen molar-refractivity contribution in [3.05, 3.63) is 24.1 Å². The average Bonchev–Trinajstić information content (AvgIpc) is 2.97. The van der Waals surface area contributed by atoms with Gasteiger partial charge < -0.3 is 9.09 Å². The third-order valence-corrected chi connectivity index (χ3v) is 3.80. The molecular weight excluding hydrogens is 248 g/mol. The van der Waals surface area contributed by atoms with Crippen LogP contribution in [0.1, 0.15) is 43.7 Å². The molecule has 0 N–H and O–H groups in total. The van der Waals surface area contributed by atoms with E-state index in [9.17, 15) is 0 Å². The minimum Gasteiger partial charge on any atom is -0.338 e. The molecule has 18 heavy (non-hydrogen) atoms. The second-order valence-electron chi connectivity index (χ2n) is 4.23. The van der Waals surface area contributed by atoms with E-state index in [2.05, 4.69) is 29.0 Å². The molecule has 0 aliphatic heterocycles. The smallest absolute Gasteiger partial charge is 0.239 e. The van der Waals surface area contributed by atoms with Gasteiger partial charge in [0.15, 0.2) is 11.0 Å². The molecule has 1 atom stereocenters. The van der Waals surface area contributed by atoms with Crippen LogP contribution in [0.3, 0.4) is 0 Å². The van der Waals surface area contributed by atoms with Gasteiger partial charge in [-0.25, -0.2) is 4.98 Å². The summed E-state index contributed by atoms with van der Waals surface area (Å²) < 4.78 is 7.27. The summed E-state index contributed by atoms with van der Waals surface area (Å²) in [6, 6.07) is 0. The topological polar surface area (TPSA) is 56.7 Å². The predicted molar refractivity (Wildman–Crippen MR) is 70.4 cm³/mol. The Kier molecular flexibility index (Phi) is 4.41. The van der Waals surface area contributed by atoms with Crippen LogP contribution in [0, 0.1) is 0 Å². The summed E-state index contributed by atoms with van der Waals surface area (Å²) in [6.45, 7) is 4.21. The van der Waals surface area contributed by atoms with Gasteiger partial charge in [-0.3, -0.25) is 0 Å². The number of aromatic nitrogens is 4. The Balaban J connectivity index is 1.98. The maximum atomic E-state index is 5.29. The molecule has 0 spiro atoms. The molecule has 0 aromatic carbocycles. The van der Waals surface area contributed by atoms with Gasteiger partial charge in [0, 0.05) is 25.9 Å². The molecule has 0 aliphatic carbocycles. The van der Waals surface area contributed by atoms with Gasteiger partial charge in [0.25, 0.3) is 0 Å². The zero-order chi connectivity index (χ0) is 13.0. The number of thioether (sulfide) groups is 1. The number of imidazole rings is 1. The molecule has 2 heterocycles. The largest absolute Gasteiger partial charge is 0.338 e. The summed E-state index contributed by atoms with van der Waals surface area (Å²) in [6.07, 6.45) is 6.84. The quantitative estimate of drug-likeness (QED) is 0.752. The van der Waals surface area contributed by atoms with Crippen molar-refractivity contribution in [1.82, 2.24) is 19.7 Å². The Morgan fingerprint density at radius 1 is 1.50 bits per heavy atom. The Bertz CT molecular complexity index is 494. The van der Waals surface area contributed by atoms with Crippen LogP contribution in [0.25, 0.3) is 0 Å². The minimum atomic E-state index is 0.119. The lowest BCUT2D eigenvalue weighted by Crippen LogP contribution is -1.95. The van der Waals surface area contributed by atoms with Gasteiger partial charge in [0.05, 0.1) is 5.25 Å². The highest BCUT2D eigenvalue weighted by atomic mass is 32.2. The highest BCUT2D eigenvalue weighted by Gasteiger charge is 2.17. The molecule has 0 aliphatic rings. The van der Waals surface area contributed by atoms with Crippen LogP contribution >= 0.6 is 11.8 Å². The zero-order valence-corrected chi connectivity index (χ0v) is 11.8. The van der Waals surface area contributed by atoms with E-state index in [1.54, 1.807) is 18.0 Å². The van der Waals surface area contributed by atoms with Gasteiger partial charge in [-0.05, 0) is 13.3 Å². The van der Waals surface area contributed by atoms with Crippen LogP contribution in [-0.2, 0) is 13.5 Å². The second kappa shape index (κ2) is 6.04. The fraction of sp³-hybridized carbons (Fsp3) is 0.583. The number of unbranched alkanes of at least 4 members (excludes halogenated alkanes) is 1. The molecule has 2 rings (SSSR count). The fourth-order valence-electron chi connectivity index (χ4n) is 1.54. The minimum absolute atomic E-state index is 0.119. The molecule has 2 aromatic rings. The Hall–Kier alpha value is -1.30. The van der Waals surface area contributed by atoms with Crippen LogP contribution < -0.4 is 0 Å². The van der Waals surface area contributed by atoms with E-state index >= 15 is 0 Å². The first-order valence-electron chi connectivity index (χ1n) is 6.17. The van der Waals surface area contributed by atoms with E-state index in [1.165, 1.54) is 0 Å². The Morgan fingerprint density at radius 3 is 3.00 bits per heavy atom. The fourth-order valence-corrected chi connectivity index (χ4v) is 2.40. The molecule has 98 valence electrons. The maximum absolute atomic E-state index is 5.29. The number of rotatable bonds is 6. The van der Waals surface area contributed by atoms with Gasteiger partial charge >= 0.3 is 0 Å². The lowest BCUT2D eigenvalue weighted by atomic mass is 10.2. The first-order chi connectivity index (χ1) is 8.70. The Labute approximate surface area is 111 Å². The molecule has 0 radical (unpaired) electrons. The molecule has 0 saturated heterocycles. The van der Waals surface area contributed by atoms with Crippen molar-refractivity contribution >= 4 is 11.8 Å². The molecule has 0 bridgehead atoms. The second-order valence-corrected chi connectivity index (χ2v) is 5.54. The standard InChI is InChI=1S/C12H18N4OS/c1-4-5-6-10-14-11(17-15-10)9(2)18-12-13-7-8-16(12)3/h7-9H,4-6H2,1-3H3. The van der Waals surface area contributed by atoms with Crippen LogP contribution in [0.4, 0.5) is 0 Å². The summed E-state index contributed by atoms with van der Waals surface area (Å²) in [5.41, 5.74) is 0. The van der Waals surface area contributed by atoms with E-state index in [-0.39, 0.29) is 5.25 Å². The van der Waals surface area contributed by atoms with Crippen LogP contribution in [0.2, 0.25) is 0 Å². The van der Waals surface area contributed by atoms with Gasteiger partial charge in [-0.1, -0.05) is 30.3 Å². The van der Waals surface area contributed by atoms with E-state index in [0.717, 1.165) is 30.2 Å². The number of hydrogen-bond donors (Lipinski definition) is 0. The van der Waals surface area contributed by atoms with E-state index in [4.69, 9.17) is 4.52 Å². The average molecular weight is 266 g/mol. The van der Waals surface area contributed by atoms with E-state index in [0.29, 0.717) is 5.89 Å². The molecule has 0 fully saturated rings. The molecule has 6 heteroatoms. The van der Waals surface area contributed by atoms with E-state index < -0.39 is 0 Å². The SMILES string of the molecule is CCCCc1noc(C(C)Sc2nccn2C)n1. The maximum Gasteiger partial charge on any atom is 0.239 e. The highest BCUT2D eigenvalue weighted by Crippen LogP contribution is 2.32. The molecule has 2 aromatic heterocycles. The first-order valence-corrected chi connectivity index (χ1v) is 7.05. The van der Waals surface area contributed by atoms with Crippen LogP contribution in [-0.4, -0.2) is 19.7 Å². The summed E-state index contributed by atoms with van der Waals surface area (Å²) in [5.74, 6) is 1.48. The number of nitrogens with zero attached hydrogens (tertiary/aromatic N) is 4. The van der Waals surface area contributed by atoms with Gasteiger partial charge in [-0.15, -0.1) is 0 Å². The highest BCUT2D eigenvalue weighted by molar-refractivity contribution is 7.99. The van der Waals surface area contributed by atoms with Crippen molar-refractivity contribution in [3.63, 3.8) is 0 Å². The van der Waals surface area contributed by atoms with Crippen molar-refractivity contribution in [2.45, 2.75) is 43.5 Å². The third kappa shape index (κ3) is 3.13. The zero-order valence-electron chi connectivity index (χ0n) is 11.0. The summed E-state index contributed by atoms with van der Waals surface area (Å²) in [5, 5.41) is 5.07. The first kappa shape index (κ1) is 13.1. The lowest BCUT2D eigenvalue weighted by Gasteiger charge is -2.05. The monoisotopic (exact) mass is 266 g/mol. The molecule has 5 nitrogen and oxygen atoms in total. The van der Waals surface area contributed by atoms with Gasteiger partial charge in [0.2, 0.25) is 5.89 Å².